The SMILES string of the molecule is COc1cccc2[nH]c(C(=O)N3CC(c4ccncc4)CC3C(=O)NC(C#N)CC3CCNC3=O)cc12. The van der Waals surface area contributed by atoms with Gasteiger partial charge in [0.15, 0.2) is 0 Å². The number of nitrogens with zero attached hydrogens (tertiary/aromatic N) is 3. The number of pyridine rings is 1. The number of nitrogens with one attached hydrogen (secondary N) is 3. The Morgan fingerprint density at radius 2 is 2.11 bits per heavy atom. The van der Waals surface area contributed by atoms with Crippen LogP contribution >= 0.6 is 0 Å². The van der Waals surface area contributed by atoms with E-state index in [9.17, 15) is 19.6 Å². The van der Waals surface area contributed by atoms with E-state index in [0.29, 0.717) is 37.4 Å². The fourth-order valence-electron chi connectivity index (χ4n) is 5.33. The van der Waals surface area contributed by atoms with E-state index >= 15 is 0 Å². The smallest absolute Gasteiger partial charge is 0.271 e. The van der Waals surface area contributed by atoms with Crippen LogP contribution in [0.2, 0.25) is 0 Å². The highest BCUT2D eigenvalue weighted by Gasteiger charge is 2.41. The van der Waals surface area contributed by atoms with Gasteiger partial charge in [0.05, 0.1) is 13.2 Å². The number of carbonyl (C=O) groups is 3. The monoisotopic (exact) mass is 500 g/mol. The molecular formula is C27H28N6O4. The van der Waals surface area contributed by atoms with Crippen LogP contribution in [0.25, 0.3) is 10.9 Å². The molecule has 2 aromatic heterocycles. The molecule has 2 aliphatic heterocycles. The minimum absolute atomic E-state index is 0.0669. The topological polar surface area (TPSA) is 140 Å². The normalized spacial score (nSPS) is 21.9. The standard InChI is InChI=1S/C27H28N6O4/c1-37-24-4-2-3-21-20(24)13-22(32-21)27(36)33-15-18(16-5-8-29-9-6-16)12-23(33)26(35)31-19(14-28)11-17-7-10-30-25(17)34/h2-6,8-9,13,17-19,23,32H,7,10-12,15H2,1H3,(H,30,34)(H,31,35). The van der Waals surface area contributed by atoms with Crippen LogP contribution in [0, 0.1) is 17.2 Å². The van der Waals surface area contributed by atoms with Gasteiger partial charge in [-0.1, -0.05) is 6.07 Å². The molecule has 4 unspecified atom stereocenters. The maximum Gasteiger partial charge on any atom is 0.271 e. The van der Waals surface area contributed by atoms with Crippen LogP contribution in [0.3, 0.4) is 0 Å². The lowest BCUT2D eigenvalue weighted by Gasteiger charge is -2.25. The number of ether oxygens (including phenoxy) is 1. The molecule has 190 valence electrons. The first-order chi connectivity index (χ1) is 18.0. The minimum Gasteiger partial charge on any atom is -0.496 e. The molecule has 0 aliphatic carbocycles. The van der Waals surface area contributed by atoms with E-state index in [4.69, 9.17) is 4.74 Å². The van der Waals surface area contributed by atoms with Crippen molar-refractivity contribution >= 4 is 28.6 Å². The van der Waals surface area contributed by atoms with E-state index in [2.05, 4.69) is 26.7 Å². The molecule has 3 aromatic rings. The molecule has 0 spiro atoms. The second-order valence-corrected chi connectivity index (χ2v) is 9.49. The Balaban J connectivity index is 1.40. The molecule has 4 atom stereocenters. The van der Waals surface area contributed by atoms with E-state index < -0.39 is 18.0 Å². The summed E-state index contributed by atoms with van der Waals surface area (Å²) in [6, 6.07) is 11.5. The molecule has 1 aromatic carbocycles. The van der Waals surface area contributed by atoms with Gasteiger partial charge in [-0.3, -0.25) is 19.4 Å². The predicted molar refractivity (Wildman–Crippen MR) is 135 cm³/mol. The molecule has 10 heteroatoms. The Morgan fingerprint density at radius 3 is 2.81 bits per heavy atom. The second kappa shape index (κ2) is 10.3. The summed E-state index contributed by atoms with van der Waals surface area (Å²) in [6.07, 6.45) is 4.67. The molecule has 5 rings (SSSR count). The van der Waals surface area contributed by atoms with Gasteiger partial charge in [0.2, 0.25) is 11.8 Å². The Hall–Kier alpha value is -4.39. The predicted octanol–water partition coefficient (Wildman–Crippen LogP) is 2.10. The van der Waals surface area contributed by atoms with Crippen LogP contribution < -0.4 is 15.4 Å². The molecule has 2 saturated heterocycles. The highest BCUT2D eigenvalue weighted by atomic mass is 16.5. The Morgan fingerprint density at radius 1 is 1.30 bits per heavy atom. The number of aromatic amines is 1. The van der Waals surface area contributed by atoms with Crippen LogP contribution in [0.15, 0.2) is 48.8 Å². The first-order valence-corrected chi connectivity index (χ1v) is 12.3. The number of fused-ring (bicyclic) bond motifs is 1. The molecule has 0 saturated carbocycles. The lowest BCUT2D eigenvalue weighted by atomic mass is 9.96. The number of nitriles is 1. The quantitative estimate of drug-likeness (QED) is 0.454. The van der Waals surface area contributed by atoms with Crippen molar-refractivity contribution in [1.82, 2.24) is 25.5 Å². The molecule has 37 heavy (non-hydrogen) atoms. The first-order valence-electron chi connectivity index (χ1n) is 12.3. The highest BCUT2D eigenvalue weighted by molar-refractivity contribution is 6.02. The van der Waals surface area contributed by atoms with Crippen LogP contribution in [-0.4, -0.2) is 64.9 Å². The summed E-state index contributed by atoms with van der Waals surface area (Å²) in [5.74, 6) is -0.535. The Bertz CT molecular complexity index is 1360. The van der Waals surface area contributed by atoms with Crippen molar-refractivity contribution in [2.75, 3.05) is 20.2 Å². The van der Waals surface area contributed by atoms with Crippen molar-refractivity contribution in [1.29, 1.82) is 5.26 Å². The first kappa shape index (κ1) is 24.3. The molecule has 4 heterocycles. The Kier molecular flexibility index (Phi) is 6.77. The molecule has 0 radical (unpaired) electrons. The van der Waals surface area contributed by atoms with Crippen LogP contribution in [0.1, 0.15) is 41.2 Å². The summed E-state index contributed by atoms with van der Waals surface area (Å²) in [5.41, 5.74) is 2.10. The fraction of sp³-hybridized carbons (Fsp3) is 0.370. The third-order valence-electron chi connectivity index (χ3n) is 7.27. The summed E-state index contributed by atoms with van der Waals surface area (Å²) in [6.45, 7) is 0.916. The van der Waals surface area contributed by atoms with Gasteiger partial charge in [0.25, 0.3) is 5.91 Å². The summed E-state index contributed by atoms with van der Waals surface area (Å²) in [7, 11) is 1.57. The number of rotatable bonds is 7. The Labute approximate surface area is 214 Å². The summed E-state index contributed by atoms with van der Waals surface area (Å²) < 4.78 is 5.42. The third-order valence-corrected chi connectivity index (χ3v) is 7.27. The van der Waals surface area contributed by atoms with Gasteiger partial charge >= 0.3 is 0 Å². The minimum atomic E-state index is -0.824. The van der Waals surface area contributed by atoms with Gasteiger partial charge in [-0.05, 0) is 55.2 Å². The van der Waals surface area contributed by atoms with Crippen LogP contribution in [0.4, 0.5) is 0 Å². The third kappa shape index (κ3) is 4.85. The fourth-order valence-corrected chi connectivity index (χ4v) is 5.33. The number of methoxy groups -OCH3 is 1. The average molecular weight is 501 g/mol. The molecule has 3 amide bonds. The number of amides is 3. The largest absolute Gasteiger partial charge is 0.496 e. The van der Waals surface area contributed by atoms with E-state index in [0.717, 1.165) is 16.5 Å². The molecule has 2 aliphatic rings. The molecule has 0 bridgehead atoms. The zero-order valence-corrected chi connectivity index (χ0v) is 20.4. The highest BCUT2D eigenvalue weighted by Crippen LogP contribution is 2.34. The number of H-pyrrole nitrogens is 1. The van der Waals surface area contributed by atoms with Crippen molar-refractivity contribution in [3.8, 4) is 11.8 Å². The van der Waals surface area contributed by atoms with Gasteiger partial charge in [0.1, 0.15) is 23.5 Å². The van der Waals surface area contributed by atoms with E-state index in [-0.39, 0.29) is 30.1 Å². The number of hydrogen-bond donors (Lipinski definition) is 3. The average Bonchev–Trinajstić information content (AvgIpc) is 3.66. The van der Waals surface area contributed by atoms with Crippen molar-refractivity contribution in [2.24, 2.45) is 5.92 Å². The van der Waals surface area contributed by atoms with Gasteiger partial charge in [-0.25, -0.2) is 0 Å². The molecule has 10 nitrogen and oxygen atoms in total. The number of aromatic nitrogens is 2. The van der Waals surface area contributed by atoms with Crippen molar-refractivity contribution in [2.45, 2.75) is 37.3 Å². The number of hydrogen-bond acceptors (Lipinski definition) is 6. The lowest BCUT2D eigenvalue weighted by Crippen LogP contribution is -2.49. The van der Waals surface area contributed by atoms with Gasteiger partial charge in [0, 0.05) is 48.2 Å². The maximum absolute atomic E-state index is 13.7. The zero-order valence-electron chi connectivity index (χ0n) is 20.4. The van der Waals surface area contributed by atoms with Crippen LogP contribution in [-0.2, 0) is 9.59 Å². The number of carbonyl (C=O) groups excluding carboxylic acids is 3. The number of benzene rings is 1. The van der Waals surface area contributed by atoms with Crippen LogP contribution in [0.5, 0.6) is 5.75 Å². The lowest BCUT2D eigenvalue weighted by molar-refractivity contribution is -0.126. The van der Waals surface area contributed by atoms with E-state index in [1.54, 1.807) is 30.5 Å². The van der Waals surface area contributed by atoms with Crippen molar-refractivity contribution in [3.05, 3.63) is 60.0 Å². The number of likely N-dealkylation sites (tertiary alicyclic amines) is 1. The molecule has 2 fully saturated rings. The summed E-state index contributed by atoms with van der Waals surface area (Å²) in [5, 5.41) is 16.0. The summed E-state index contributed by atoms with van der Waals surface area (Å²) in [4.78, 5) is 48.0. The zero-order chi connectivity index (χ0) is 25.9. The molecule has 3 N–H and O–H groups in total. The van der Waals surface area contributed by atoms with Gasteiger partial charge in [-0.2, -0.15) is 5.26 Å². The van der Waals surface area contributed by atoms with E-state index in [1.165, 1.54) is 0 Å². The van der Waals surface area contributed by atoms with Gasteiger partial charge in [-0.15, -0.1) is 0 Å². The maximum atomic E-state index is 13.7. The van der Waals surface area contributed by atoms with E-state index in [1.807, 2.05) is 30.3 Å². The van der Waals surface area contributed by atoms with Crippen molar-refractivity contribution in [3.63, 3.8) is 0 Å². The molecular weight excluding hydrogens is 472 g/mol. The summed E-state index contributed by atoms with van der Waals surface area (Å²) >= 11 is 0. The van der Waals surface area contributed by atoms with Gasteiger partial charge < -0.3 is 25.3 Å². The van der Waals surface area contributed by atoms with Crippen molar-refractivity contribution < 1.29 is 19.1 Å². The second-order valence-electron chi connectivity index (χ2n) is 9.49.